The number of nitrogens with one attached hydrogen (secondary N) is 1. The smallest absolute Gasteiger partial charge is 0.182 e. The Morgan fingerprint density at radius 3 is 2.80 bits per heavy atom. The largest absolute Gasteiger partial charge is 0.497 e. The van der Waals surface area contributed by atoms with E-state index in [2.05, 4.69) is 33.9 Å². The lowest BCUT2D eigenvalue weighted by Gasteiger charge is -2.09. The number of hydrogen-bond donors (Lipinski definition) is 1. The van der Waals surface area contributed by atoms with Crippen molar-refractivity contribution in [3.8, 4) is 11.4 Å². The average molecular weight is 349 g/mol. The van der Waals surface area contributed by atoms with E-state index in [4.69, 9.17) is 17.0 Å². The van der Waals surface area contributed by atoms with Crippen LogP contribution in [-0.2, 0) is 0 Å². The number of H-pyrrole nitrogens is 1. The maximum Gasteiger partial charge on any atom is 0.182 e. The van der Waals surface area contributed by atoms with Gasteiger partial charge in [-0.1, -0.05) is 28.1 Å². The lowest BCUT2D eigenvalue weighted by molar-refractivity contribution is 0.414. The summed E-state index contributed by atoms with van der Waals surface area (Å²) in [7, 11) is 1.66. The molecule has 0 saturated heterocycles. The van der Waals surface area contributed by atoms with Crippen molar-refractivity contribution in [3.63, 3.8) is 0 Å². The third-order valence-corrected chi connectivity index (χ3v) is 4.00. The minimum absolute atomic E-state index is 0.675. The SMILES string of the molecule is COc1cc(Br)cc(-n2c(=S)[nH]c3cccc(C)c32)c1. The molecular weight excluding hydrogens is 336 g/mol. The third kappa shape index (κ3) is 2.17. The molecule has 3 aromatic rings. The first kappa shape index (κ1) is 13.4. The van der Waals surface area contributed by atoms with Gasteiger partial charge < -0.3 is 9.72 Å². The first-order valence-corrected chi connectivity index (χ1v) is 7.35. The maximum absolute atomic E-state index is 5.47. The van der Waals surface area contributed by atoms with E-state index >= 15 is 0 Å². The van der Waals surface area contributed by atoms with Crippen molar-refractivity contribution >= 4 is 39.2 Å². The van der Waals surface area contributed by atoms with Gasteiger partial charge in [0, 0.05) is 10.5 Å². The van der Waals surface area contributed by atoms with Gasteiger partial charge in [-0.25, -0.2) is 0 Å². The fourth-order valence-electron chi connectivity index (χ4n) is 2.37. The molecule has 1 heterocycles. The van der Waals surface area contributed by atoms with Crippen LogP contribution in [0.5, 0.6) is 5.75 Å². The van der Waals surface area contributed by atoms with Gasteiger partial charge in [0.05, 0.1) is 23.8 Å². The number of methoxy groups -OCH3 is 1. The number of fused-ring (bicyclic) bond motifs is 1. The molecule has 0 amide bonds. The second-order valence-corrected chi connectivity index (χ2v) is 5.89. The molecule has 3 rings (SSSR count). The first-order chi connectivity index (χ1) is 9.60. The summed E-state index contributed by atoms with van der Waals surface area (Å²) in [6, 6.07) is 12.1. The van der Waals surface area contributed by atoms with Crippen LogP contribution in [0.2, 0.25) is 0 Å². The number of imidazole rings is 1. The van der Waals surface area contributed by atoms with Crippen molar-refractivity contribution in [2.24, 2.45) is 0 Å². The Morgan fingerprint density at radius 1 is 1.25 bits per heavy atom. The molecule has 0 bridgehead atoms. The van der Waals surface area contributed by atoms with Crippen LogP contribution in [0.3, 0.4) is 0 Å². The summed E-state index contributed by atoms with van der Waals surface area (Å²) in [6.07, 6.45) is 0. The number of hydrogen-bond acceptors (Lipinski definition) is 2. The molecule has 1 N–H and O–H groups in total. The third-order valence-electron chi connectivity index (χ3n) is 3.26. The maximum atomic E-state index is 5.47. The summed E-state index contributed by atoms with van der Waals surface area (Å²) in [4.78, 5) is 3.24. The molecule has 0 aliphatic carbocycles. The van der Waals surface area contributed by atoms with Gasteiger partial charge in [-0.2, -0.15) is 0 Å². The van der Waals surface area contributed by atoms with Crippen molar-refractivity contribution in [1.29, 1.82) is 0 Å². The molecule has 0 atom stereocenters. The zero-order valence-corrected chi connectivity index (χ0v) is 13.5. The Balaban J connectivity index is 2.37. The Morgan fingerprint density at radius 2 is 2.05 bits per heavy atom. The Hall–Kier alpha value is -1.59. The molecule has 20 heavy (non-hydrogen) atoms. The zero-order valence-electron chi connectivity index (χ0n) is 11.1. The van der Waals surface area contributed by atoms with E-state index in [1.165, 1.54) is 5.56 Å². The van der Waals surface area contributed by atoms with Crippen LogP contribution in [0, 0.1) is 11.7 Å². The topological polar surface area (TPSA) is 29.9 Å². The monoisotopic (exact) mass is 348 g/mol. The second kappa shape index (κ2) is 5.07. The summed E-state index contributed by atoms with van der Waals surface area (Å²) >= 11 is 8.98. The molecule has 2 aromatic carbocycles. The molecule has 5 heteroatoms. The van der Waals surface area contributed by atoms with Gasteiger partial charge in [-0.15, -0.1) is 0 Å². The van der Waals surface area contributed by atoms with E-state index in [0.29, 0.717) is 4.77 Å². The number of ether oxygens (including phenoxy) is 1. The number of aromatic nitrogens is 2. The second-order valence-electron chi connectivity index (χ2n) is 4.59. The summed E-state index contributed by atoms with van der Waals surface area (Å²) in [6.45, 7) is 2.08. The zero-order chi connectivity index (χ0) is 14.3. The van der Waals surface area contributed by atoms with E-state index < -0.39 is 0 Å². The van der Waals surface area contributed by atoms with E-state index in [-0.39, 0.29) is 0 Å². The highest BCUT2D eigenvalue weighted by atomic mass is 79.9. The minimum atomic E-state index is 0.675. The van der Waals surface area contributed by atoms with Crippen molar-refractivity contribution < 1.29 is 4.74 Å². The summed E-state index contributed by atoms with van der Waals surface area (Å²) < 4.78 is 8.99. The molecule has 0 fully saturated rings. The van der Waals surface area contributed by atoms with Gasteiger partial charge in [0.1, 0.15) is 5.75 Å². The molecule has 3 nitrogen and oxygen atoms in total. The predicted molar refractivity (Wildman–Crippen MR) is 87.4 cm³/mol. The number of nitrogens with zero attached hydrogens (tertiary/aromatic N) is 1. The molecule has 1 aromatic heterocycles. The van der Waals surface area contributed by atoms with E-state index in [9.17, 15) is 0 Å². The van der Waals surface area contributed by atoms with Gasteiger partial charge in [-0.3, -0.25) is 4.57 Å². The van der Waals surface area contributed by atoms with Gasteiger partial charge in [-0.05, 0) is 42.9 Å². The molecule has 102 valence electrons. The fourth-order valence-corrected chi connectivity index (χ4v) is 3.14. The number of benzene rings is 2. The highest BCUT2D eigenvalue weighted by Gasteiger charge is 2.10. The van der Waals surface area contributed by atoms with Crippen LogP contribution in [0.1, 0.15) is 5.56 Å². The van der Waals surface area contributed by atoms with Crippen LogP contribution in [0.25, 0.3) is 16.7 Å². The number of halogens is 1. The molecule has 0 aliphatic heterocycles. The van der Waals surface area contributed by atoms with Crippen LogP contribution in [0.15, 0.2) is 40.9 Å². The lowest BCUT2D eigenvalue weighted by atomic mass is 10.2. The number of aryl methyl sites for hydroxylation is 1. The molecule has 0 saturated carbocycles. The fraction of sp³-hybridized carbons (Fsp3) is 0.133. The molecular formula is C15H13BrN2OS. The van der Waals surface area contributed by atoms with Crippen LogP contribution < -0.4 is 4.74 Å². The molecule has 0 unspecified atom stereocenters. The van der Waals surface area contributed by atoms with E-state index in [0.717, 1.165) is 26.9 Å². The van der Waals surface area contributed by atoms with Crippen molar-refractivity contribution in [2.45, 2.75) is 6.92 Å². The van der Waals surface area contributed by atoms with Gasteiger partial charge >= 0.3 is 0 Å². The Labute approximate surface area is 130 Å². The minimum Gasteiger partial charge on any atom is -0.497 e. The van der Waals surface area contributed by atoms with Crippen LogP contribution >= 0.6 is 28.1 Å². The van der Waals surface area contributed by atoms with Crippen LogP contribution in [0.4, 0.5) is 0 Å². The van der Waals surface area contributed by atoms with Crippen molar-refractivity contribution in [1.82, 2.24) is 9.55 Å². The molecule has 0 radical (unpaired) electrons. The van der Waals surface area contributed by atoms with Crippen LogP contribution in [-0.4, -0.2) is 16.7 Å². The van der Waals surface area contributed by atoms with E-state index in [1.807, 2.05) is 34.9 Å². The summed E-state index contributed by atoms with van der Waals surface area (Å²) in [5, 5.41) is 0. The Bertz CT molecular complexity index is 851. The highest BCUT2D eigenvalue weighted by molar-refractivity contribution is 9.10. The summed E-state index contributed by atoms with van der Waals surface area (Å²) in [5.41, 5.74) is 4.28. The molecule has 0 spiro atoms. The number of rotatable bonds is 2. The number of aromatic amines is 1. The summed E-state index contributed by atoms with van der Waals surface area (Å²) in [5.74, 6) is 0.791. The molecule has 0 aliphatic rings. The Kier molecular flexibility index (Phi) is 3.40. The normalized spacial score (nSPS) is 10.9. The standard InChI is InChI=1S/C15H13BrN2OS/c1-9-4-3-5-13-14(9)18(15(20)17-13)11-6-10(16)7-12(8-11)19-2/h3-8H,1-2H3,(H,17,20). The predicted octanol–water partition coefficient (Wildman–Crippen LogP) is 4.77. The van der Waals surface area contributed by atoms with Gasteiger partial charge in [0.15, 0.2) is 4.77 Å². The quantitative estimate of drug-likeness (QED) is 0.676. The van der Waals surface area contributed by atoms with E-state index in [1.54, 1.807) is 7.11 Å². The average Bonchev–Trinajstić information content (AvgIpc) is 2.75. The number of para-hydroxylation sites is 1. The lowest BCUT2D eigenvalue weighted by Crippen LogP contribution is -1.96. The van der Waals surface area contributed by atoms with Crippen molar-refractivity contribution in [2.75, 3.05) is 7.11 Å². The van der Waals surface area contributed by atoms with Gasteiger partial charge in [0.25, 0.3) is 0 Å². The van der Waals surface area contributed by atoms with Crippen molar-refractivity contribution in [3.05, 3.63) is 51.2 Å². The highest BCUT2D eigenvalue weighted by Crippen LogP contribution is 2.28. The van der Waals surface area contributed by atoms with Gasteiger partial charge in [0.2, 0.25) is 0 Å². The first-order valence-electron chi connectivity index (χ1n) is 6.15.